The molecule has 174 valence electrons. The third kappa shape index (κ3) is 4.19. The minimum absolute atomic E-state index is 0.115. The van der Waals surface area contributed by atoms with Gasteiger partial charge in [0.05, 0.1) is 23.7 Å². The van der Waals surface area contributed by atoms with Gasteiger partial charge in [0.1, 0.15) is 6.61 Å². The Morgan fingerprint density at radius 1 is 1.34 bits per heavy atom. The fraction of sp³-hybridized carbons (Fsp3) is 0.545. The van der Waals surface area contributed by atoms with Crippen molar-refractivity contribution in [3.8, 4) is 0 Å². The number of nitrogens with one attached hydrogen (secondary N) is 1. The molecule has 0 bridgehead atoms. The zero-order chi connectivity index (χ0) is 23.8. The summed E-state index contributed by atoms with van der Waals surface area (Å²) in [5.74, 6) is -2.08. The molecule has 3 rings (SSSR count). The molecule has 0 unspecified atom stereocenters. The Hall–Kier alpha value is -3.01. The van der Waals surface area contributed by atoms with Crippen molar-refractivity contribution >= 4 is 23.0 Å². The minimum Gasteiger partial charge on any atom is -0.462 e. The predicted octanol–water partition coefficient (Wildman–Crippen LogP) is 2.59. The average molecular weight is 449 g/mol. The standard InChI is InChI=1S/C22H28FN3O6/c1-7-22(9-30-20(28)11(2)3)17(31-21(29)12(4)5)15(23)19(32-22)26-10-24-16-14(26)8-13(6)25-18(16)27/h7-8,10-12,15,17,19H,1,9H2,2-6H3,(H,25,27)/t15-,17+,19-,22-/m1/s1. The van der Waals surface area contributed by atoms with Gasteiger partial charge in [-0.2, -0.15) is 0 Å². The summed E-state index contributed by atoms with van der Waals surface area (Å²) >= 11 is 0. The molecule has 0 saturated carbocycles. The monoisotopic (exact) mass is 449 g/mol. The van der Waals surface area contributed by atoms with Crippen LogP contribution in [-0.2, 0) is 23.8 Å². The van der Waals surface area contributed by atoms with Gasteiger partial charge >= 0.3 is 11.9 Å². The summed E-state index contributed by atoms with van der Waals surface area (Å²) in [7, 11) is 0. The third-order valence-electron chi connectivity index (χ3n) is 5.34. The molecule has 9 nitrogen and oxygen atoms in total. The van der Waals surface area contributed by atoms with Gasteiger partial charge in [-0.05, 0) is 13.0 Å². The molecule has 4 atom stereocenters. The van der Waals surface area contributed by atoms with E-state index in [2.05, 4.69) is 16.5 Å². The van der Waals surface area contributed by atoms with E-state index in [9.17, 15) is 14.4 Å². The van der Waals surface area contributed by atoms with Crippen molar-refractivity contribution in [2.75, 3.05) is 6.61 Å². The number of H-pyrrole nitrogens is 1. The highest BCUT2D eigenvalue weighted by Crippen LogP contribution is 2.43. The minimum atomic E-state index is -1.86. The molecule has 2 aromatic rings. The van der Waals surface area contributed by atoms with Crippen molar-refractivity contribution in [2.24, 2.45) is 11.8 Å². The van der Waals surface area contributed by atoms with Crippen LogP contribution in [-0.4, -0.2) is 51.0 Å². The number of fused-ring (bicyclic) bond motifs is 1. The van der Waals surface area contributed by atoms with E-state index in [1.54, 1.807) is 40.7 Å². The SMILES string of the molecule is C=C[C@]1(COC(=O)C(C)C)O[C@@H](n2cnc3c(=O)[nH]c(C)cc32)[C@H](F)[C@@H]1OC(=O)C(C)C. The molecule has 0 spiro atoms. The van der Waals surface area contributed by atoms with Crippen LogP contribution in [0.5, 0.6) is 0 Å². The number of nitrogens with zero attached hydrogens (tertiary/aromatic N) is 2. The lowest BCUT2D eigenvalue weighted by Crippen LogP contribution is -2.48. The number of aryl methyl sites for hydroxylation is 1. The van der Waals surface area contributed by atoms with E-state index in [1.807, 2.05) is 0 Å². The number of rotatable bonds is 7. The lowest BCUT2D eigenvalue weighted by Gasteiger charge is -2.31. The quantitative estimate of drug-likeness (QED) is 0.511. The number of alkyl halides is 1. The summed E-state index contributed by atoms with van der Waals surface area (Å²) in [6.45, 7) is 11.6. The first kappa shape index (κ1) is 23.6. The molecule has 3 heterocycles. The van der Waals surface area contributed by atoms with Crippen molar-refractivity contribution in [3.63, 3.8) is 0 Å². The van der Waals surface area contributed by atoms with Gasteiger partial charge in [-0.1, -0.05) is 40.3 Å². The zero-order valence-electron chi connectivity index (χ0n) is 18.8. The number of hydrogen-bond acceptors (Lipinski definition) is 7. The van der Waals surface area contributed by atoms with Crippen LogP contribution >= 0.6 is 0 Å². The molecule has 1 saturated heterocycles. The van der Waals surface area contributed by atoms with Crippen LogP contribution in [0.1, 0.15) is 39.6 Å². The molecule has 0 aliphatic carbocycles. The number of aromatic amines is 1. The lowest BCUT2D eigenvalue weighted by molar-refractivity contribution is -0.172. The Balaban J connectivity index is 2.04. The fourth-order valence-corrected chi connectivity index (χ4v) is 3.47. The predicted molar refractivity (Wildman–Crippen MR) is 114 cm³/mol. The molecule has 1 fully saturated rings. The Bertz CT molecular complexity index is 1090. The van der Waals surface area contributed by atoms with Crippen molar-refractivity contribution < 1.29 is 28.2 Å². The Morgan fingerprint density at radius 3 is 2.59 bits per heavy atom. The number of carbonyl (C=O) groups is 2. The van der Waals surface area contributed by atoms with E-state index in [1.165, 1.54) is 17.0 Å². The van der Waals surface area contributed by atoms with Crippen molar-refractivity contribution in [1.29, 1.82) is 0 Å². The number of carbonyl (C=O) groups excluding carboxylic acids is 2. The average Bonchev–Trinajstić information content (AvgIpc) is 3.26. The fourth-order valence-electron chi connectivity index (χ4n) is 3.47. The van der Waals surface area contributed by atoms with Crippen LogP contribution in [0.3, 0.4) is 0 Å². The van der Waals surface area contributed by atoms with E-state index in [4.69, 9.17) is 14.2 Å². The van der Waals surface area contributed by atoms with Gasteiger partial charge in [0.15, 0.2) is 29.6 Å². The Morgan fingerprint density at radius 2 is 2.00 bits per heavy atom. The molecule has 1 N–H and O–H groups in total. The van der Waals surface area contributed by atoms with Crippen LogP contribution in [0.25, 0.3) is 11.0 Å². The second-order valence-electron chi connectivity index (χ2n) is 8.55. The molecule has 0 amide bonds. The van der Waals surface area contributed by atoms with E-state index in [0.717, 1.165) is 0 Å². The number of hydrogen-bond donors (Lipinski definition) is 1. The zero-order valence-corrected chi connectivity index (χ0v) is 18.8. The van der Waals surface area contributed by atoms with Crippen LogP contribution in [0.4, 0.5) is 4.39 Å². The van der Waals surface area contributed by atoms with Crippen LogP contribution in [0.2, 0.25) is 0 Å². The van der Waals surface area contributed by atoms with Gasteiger partial charge < -0.3 is 23.8 Å². The molecular weight excluding hydrogens is 421 g/mol. The highest BCUT2D eigenvalue weighted by Gasteiger charge is 2.58. The number of halogens is 1. The number of aromatic nitrogens is 3. The molecular formula is C22H28FN3O6. The summed E-state index contributed by atoms with van der Waals surface area (Å²) in [5.41, 5.74) is -1.03. The van der Waals surface area contributed by atoms with Gasteiger partial charge in [0.2, 0.25) is 0 Å². The van der Waals surface area contributed by atoms with Crippen LogP contribution in [0, 0.1) is 18.8 Å². The molecule has 10 heteroatoms. The summed E-state index contributed by atoms with van der Waals surface area (Å²) < 4.78 is 34.0. The van der Waals surface area contributed by atoms with Gasteiger partial charge in [-0.25, -0.2) is 9.37 Å². The maximum atomic E-state index is 15.8. The van der Waals surface area contributed by atoms with E-state index >= 15 is 4.39 Å². The largest absolute Gasteiger partial charge is 0.462 e. The first-order valence-electron chi connectivity index (χ1n) is 10.4. The van der Waals surface area contributed by atoms with Gasteiger partial charge in [-0.3, -0.25) is 14.4 Å². The molecule has 2 aromatic heterocycles. The topological polar surface area (TPSA) is 113 Å². The van der Waals surface area contributed by atoms with Crippen LogP contribution < -0.4 is 5.56 Å². The van der Waals surface area contributed by atoms with Crippen molar-refractivity contribution in [3.05, 3.63) is 41.1 Å². The van der Waals surface area contributed by atoms with Gasteiger partial charge in [-0.15, -0.1) is 0 Å². The normalized spacial score (nSPS) is 25.4. The van der Waals surface area contributed by atoms with Gasteiger partial charge in [0.25, 0.3) is 5.56 Å². The highest BCUT2D eigenvalue weighted by atomic mass is 19.1. The van der Waals surface area contributed by atoms with E-state index in [0.29, 0.717) is 11.2 Å². The molecule has 0 radical (unpaired) electrons. The van der Waals surface area contributed by atoms with E-state index < -0.39 is 60.0 Å². The van der Waals surface area contributed by atoms with Crippen LogP contribution in [0.15, 0.2) is 29.8 Å². The molecule has 1 aliphatic rings. The molecule has 32 heavy (non-hydrogen) atoms. The van der Waals surface area contributed by atoms with E-state index in [-0.39, 0.29) is 5.52 Å². The summed E-state index contributed by atoms with van der Waals surface area (Å²) in [6, 6.07) is 1.64. The first-order valence-corrected chi connectivity index (χ1v) is 10.4. The van der Waals surface area contributed by atoms with Crippen molar-refractivity contribution in [2.45, 2.75) is 58.7 Å². The summed E-state index contributed by atoms with van der Waals surface area (Å²) in [4.78, 5) is 43.3. The molecule has 0 aromatic carbocycles. The van der Waals surface area contributed by atoms with Crippen molar-refractivity contribution in [1.82, 2.24) is 14.5 Å². The maximum absolute atomic E-state index is 15.8. The number of pyridine rings is 1. The third-order valence-corrected chi connectivity index (χ3v) is 5.34. The Kier molecular flexibility index (Phi) is 6.54. The summed E-state index contributed by atoms with van der Waals surface area (Å²) in [6.07, 6.45) is -2.02. The second kappa shape index (κ2) is 8.85. The smallest absolute Gasteiger partial charge is 0.308 e. The first-order chi connectivity index (χ1) is 15.0. The lowest BCUT2D eigenvalue weighted by atomic mass is 9.96. The second-order valence-corrected chi connectivity index (χ2v) is 8.55. The summed E-state index contributed by atoms with van der Waals surface area (Å²) in [5, 5.41) is 0. The molecule has 1 aliphatic heterocycles. The van der Waals surface area contributed by atoms with Gasteiger partial charge in [0, 0.05) is 5.69 Å². The number of imidazole rings is 1. The number of esters is 2. The Labute approximate surface area is 184 Å². The maximum Gasteiger partial charge on any atom is 0.308 e. The highest BCUT2D eigenvalue weighted by molar-refractivity contribution is 5.75. The number of ether oxygens (including phenoxy) is 3.